The number of para-hydroxylation sites is 2. The van der Waals surface area contributed by atoms with E-state index in [9.17, 15) is 4.79 Å². The molecule has 2 heterocycles. The summed E-state index contributed by atoms with van der Waals surface area (Å²) < 4.78 is 2.30. The second-order valence-corrected chi connectivity index (χ2v) is 8.24. The molecule has 4 aromatic rings. The number of nitrogens with zero attached hydrogens (tertiary/aromatic N) is 3. The molecule has 0 bridgehead atoms. The summed E-state index contributed by atoms with van der Waals surface area (Å²) in [5, 5.41) is 0.633. The van der Waals surface area contributed by atoms with Gasteiger partial charge in [0.1, 0.15) is 5.82 Å². The summed E-state index contributed by atoms with van der Waals surface area (Å²) in [6.07, 6.45) is 0.442. The number of aromatic nitrogens is 2. The van der Waals surface area contributed by atoms with Crippen molar-refractivity contribution in [1.82, 2.24) is 9.55 Å². The van der Waals surface area contributed by atoms with E-state index in [2.05, 4.69) is 41.8 Å². The monoisotopic (exact) mass is 415 g/mol. The molecule has 3 aromatic carbocycles. The maximum absolute atomic E-state index is 12.9. The van der Waals surface area contributed by atoms with Crippen molar-refractivity contribution >= 4 is 34.2 Å². The van der Waals surface area contributed by atoms with Crippen molar-refractivity contribution in [3.63, 3.8) is 0 Å². The van der Waals surface area contributed by atoms with Crippen molar-refractivity contribution in [2.24, 2.45) is 0 Å². The number of hydrogen-bond donors (Lipinski definition) is 0. The molecule has 1 saturated heterocycles. The van der Waals surface area contributed by atoms with Gasteiger partial charge in [0.25, 0.3) is 0 Å². The van der Waals surface area contributed by atoms with Crippen LogP contribution >= 0.6 is 11.6 Å². The van der Waals surface area contributed by atoms with E-state index in [1.165, 1.54) is 5.56 Å². The first-order chi connectivity index (χ1) is 14.6. The zero-order valence-electron chi connectivity index (χ0n) is 16.7. The van der Waals surface area contributed by atoms with Gasteiger partial charge in [0.15, 0.2) is 0 Å². The predicted octanol–water partition coefficient (Wildman–Crippen LogP) is 5.82. The van der Waals surface area contributed by atoms with Crippen LogP contribution in [-0.2, 0) is 4.79 Å². The van der Waals surface area contributed by atoms with Gasteiger partial charge < -0.3 is 9.47 Å². The zero-order chi connectivity index (χ0) is 20.7. The number of carbonyl (C=O) groups is 1. The van der Waals surface area contributed by atoms with Crippen LogP contribution in [0.25, 0.3) is 11.0 Å². The van der Waals surface area contributed by atoms with Crippen LogP contribution in [0.5, 0.6) is 0 Å². The summed E-state index contributed by atoms with van der Waals surface area (Å²) >= 11 is 6.16. The van der Waals surface area contributed by atoms with Gasteiger partial charge in [0, 0.05) is 29.6 Å². The van der Waals surface area contributed by atoms with Crippen LogP contribution < -0.4 is 4.90 Å². The lowest BCUT2D eigenvalue weighted by Gasteiger charge is -2.21. The van der Waals surface area contributed by atoms with Crippen LogP contribution in [0.4, 0.5) is 5.69 Å². The van der Waals surface area contributed by atoms with Gasteiger partial charge in [-0.3, -0.25) is 4.79 Å². The van der Waals surface area contributed by atoms with Crippen LogP contribution in [-0.4, -0.2) is 22.0 Å². The Labute approximate surface area is 180 Å². The molecule has 150 valence electrons. The Morgan fingerprint density at radius 2 is 1.77 bits per heavy atom. The Kier molecular flexibility index (Phi) is 4.80. The van der Waals surface area contributed by atoms with E-state index >= 15 is 0 Å². The Bertz CT molecular complexity index is 1220. The smallest absolute Gasteiger partial charge is 0.227 e. The summed E-state index contributed by atoms with van der Waals surface area (Å²) in [7, 11) is 0. The molecule has 1 fully saturated rings. The molecule has 0 aliphatic carbocycles. The van der Waals surface area contributed by atoms with Gasteiger partial charge in [0.2, 0.25) is 5.91 Å². The molecular weight excluding hydrogens is 394 g/mol. The third-order valence-electron chi connectivity index (χ3n) is 5.90. The SMILES string of the molecule is C[C@H](c1ccccc1)n1c([C@H]2CC(=O)N(c3cccc(Cl)c3)C2)nc2ccccc21. The lowest BCUT2D eigenvalue weighted by Crippen LogP contribution is -2.24. The number of fused-ring (bicyclic) bond motifs is 1. The van der Waals surface area contributed by atoms with Crippen molar-refractivity contribution in [2.45, 2.75) is 25.3 Å². The van der Waals surface area contributed by atoms with Crippen molar-refractivity contribution in [3.8, 4) is 0 Å². The van der Waals surface area contributed by atoms with Crippen LogP contribution in [0.15, 0.2) is 78.9 Å². The second-order valence-electron chi connectivity index (χ2n) is 7.80. The van der Waals surface area contributed by atoms with Gasteiger partial charge >= 0.3 is 0 Å². The first-order valence-electron chi connectivity index (χ1n) is 10.2. The number of hydrogen-bond acceptors (Lipinski definition) is 2. The first-order valence-corrected chi connectivity index (χ1v) is 10.6. The van der Waals surface area contributed by atoms with Crippen molar-refractivity contribution < 1.29 is 4.79 Å². The number of benzene rings is 3. The maximum Gasteiger partial charge on any atom is 0.227 e. The fourth-order valence-electron chi connectivity index (χ4n) is 4.41. The van der Waals surface area contributed by atoms with Crippen LogP contribution in [0, 0.1) is 0 Å². The minimum Gasteiger partial charge on any atom is -0.320 e. The second kappa shape index (κ2) is 7.62. The fraction of sp³-hybridized carbons (Fsp3) is 0.200. The molecule has 0 N–H and O–H groups in total. The molecule has 1 aliphatic rings. The Morgan fingerprint density at radius 3 is 2.57 bits per heavy atom. The molecule has 0 radical (unpaired) electrons. The zero-order valence-corrected chi connectivity index (χ0v) is 17.5. The summed E-state index contributed by atoms with van der Waals surface area (Å²) in [4.78, 5) is 19.7. The highest BCUT2D eigenvalue weighted by molar-refractivity contribution is 6.30. The summed E-state index contributed by atoms with van der Waals surface area (Å²) in [6.45, 7) is 2.79. The van der Waals surface area contributed by atoms with E-state index in [1.54, 1.807) is 0 Å². The van der Waals surface area contributed by atoms with Gasteiger partial charge in [-0.1, -0.05) is 60.1 Å². The highest BCUT2D eigenvalue weighted by Crippen LogP contribution is 2.36. The topological polar surface area (TPSA) is 38.1 Å². The van der Waals surface area contributed by atoms with Gasteiger partial charge in [-0.15, -0.1) is 0 Å². The van der Waals surface area contributed by atoms with E-state index in [0.717, 1.165) is 22.5 Å². The maximum atomic E-state index is 12.9. The Balaban J connectivity index is 1.57. The minimum atomic E-state index is 0.0232. The number of amides is 1. The van der Waals surface area contributed by atoms with Crippen molar-refractivity contribution in [3.05, 3.63) is 95.3 Å². The lowest BCUT2D eigenvalue weighted by atomic mass is 10.0. The molecule has 0 saturated carbocycles. The largest absolute Gasteiger partial charge is 0.320 e. The molecule has 30 heavy (non-hydrogen) atoms. The Morgan fingerprint density at radius 1 is 1.00 bits per heavy atom. The minimum absolute atomic E-state index is 0.0232. The van der Waals surface area contributed by atoms with Gasteiger partial charge in [0.05, 0.1) is 17.1 Å². The number of imidazole rings is 1. The van der Waals surface area contributed by atoms with Gasteiger partial charge in [-0.25, -0.2) is 4.98 Å². The van der Waals surface area contributed by atoms with E-state index < -0.39 is 0 Å². The molecule has 1 aromatic heterocycles. The highest BCUT2D eigenvalue weighted by Gasteiger charge is 2.35. The van der Waals surface area contributed by atoms with Crippen LogP contribution in [0.1, 0.15) is 36.7 Å². The van der Waals surface area contributed by atoms with E-state index in [1.807, 2.05) is 53.4 Å². The quantitative estimate of drug-likeness (QED) is 0.421. The number of carbonyl (C=O) groups excluding carboxylic acids is 1. The van der Waals surface area contributed by atoms with Crippen LogP contribution in [0.3, 0.4) is 0 Å². The molecule has 4 nitrogen and oxygen atoms in total. The Hall–Kier alpha value is -3.11. The lowest BCUT2D eigenvalue weighted by molar-refractivity contribution is -0.117. The van der Waals surface area contributed by atoms with Crippen molar-refractivity contribution in [2.75, 3.05) is 11.4 Å². The number of halogens is 1. The average Bonchev–Trinajstić information content (AvgIpc) is 3.34. The summed E-state index contributed by atoms with van der Waals surface area (Å²) in [5.41, 5.74) is 4.12. The third kappa shape index (κ3) is 3.27. The van der Waals surface area contributed by atoms with E-state index in [4.69, 9.17) is 16.6 Å². The average molecular weight is 416 g/mol. The molecule has 5 rings (SSSR count). The number of rotatable bonds is 4. The fourth-order valence-corrected chi connectivity index (χ4v) is 4.60. The normalized spacial score (nSPS) is 17.6. The summed E-state index contributed by atoms with van der Waals surface area (Å²) in [6, 6.07) is 26.2. The van der Waals surface area contributed by atoms with E-state index in [0.29, 0.717) is 18.0 Å². The standard InChI is InChI=1S/C25H22ClN3O/c1-17(18-8-3-2-4-9-18)29-23-13-6-5-12-22(23)27-25(29)19-14-24(30)28(16-19)21-11-7-10-20(26)15-21/h2-13,15,17,19H,14,16H2,1H3/t17-,19+/m1/s1. The third-order valence-corrected chi connectivity index (χ3v) is 6.14. The van der Waals surface area contributed by atoms with Gasteiger partial charge in [-0.05, 0) is 42.8 Å². The van der Waals surface area contributed by atoms with E-state index in [-0.39, 0.29) is 17.9 Å². The first kappa shape index (κ1) is 18.9. The molecule has 5 heteroatoms. The number of anilines is 1. The highest BCUT2D eigenvalue weighted by atomic mass is 35.5. The molecule has 2 atom stereocenters. The summed E-state index contributed by atoms with van der Waals surface area (Å²) in [5.74, 6) is 1.09. The molecule has 1 amide bonds. The van der Waals surface area contributed by atoms with Gasteiger partial charge in [-0.2, -0.15) is 0 Å². The van der Waals surface area contributed by atoms with Crippen LogP contribution in [0.2, 0.25) is 5.02 Å². The predicted molar refractivity (Wildman–Crippen MR) is 121 cm³/mol. The van der Waals surface area contributed by atoms with Crippen molar-refractivity contribution in [1.29, 1.82) is 0 Å². The molecular formula is C25H22ClN3O. The molecule has 0 spiro atoms. The molecule has 0 unspecified atom stereocenters. The molecule has 1 aliphatic heterocycles.